The normalized spacial score (nSPS) is 15.4. The fourth-order valence-electron chi connectivity index (χ4n) is 3.20. The Bertz CT molecular complexity index is 621. The van der Waals surface area contributed by atoms with Crippen LogP contribution >= 0.6 is 0 Å². The van der Waals surface area contributed by atoms with E-state index in [2.05, 4.69) is 10.6 Å². The largest absolute Gasteiger partial charge is 0.480 e. The van der Waals surface area contributed by atoms with Crippen molar-refractivity contribution in [2.75, 3.05) is 0 Å². The van der Waals surface area contributed by atoms with Gasteiger partial charge in [-0.05, 0) is 37.0 Å². The van der Waals surface area contributed by atoms with E-state index in [0.29, 0.717) is 18.5 Å². The number of carboxylic acids is 1. The summed E-state index contributed by atoms with van der Waals surface area (Å²) in [6.45, 7) is 2.41. The Labute approximate surface area is 154 Å². The van der Waals surface area contributed by atoms with Gasteiger partial charge in [-0.3, -0.25) is 9.59 Å². The molecule has 1 aliphatic carbocycles. The summed E-state index contributed by atoms with van der Waals surface area (Å²) in [6.07, 6.45) is 6.22. The summed E-state index contributed by atoms with van der Waals surface area (Å²) in [6, 6.07) is 6.01. The lowest BCUT2D eigenvalue weighted by Crippen LogP contribution is -2.40. The van der Waals surface area contributed by atoms with Gasteiger partial charge in [-0.15, -0.1) is 0 Å². The van der Waals surface area contributed by atoms with Crippen molar-refractivity contribution in [2.24, 2.45) is 5.92 Å². The Balaban J connectivity index is 1.86. The first kappa shape index (κ1) is 19.9. The Morgan fingerprint density at radius 3 is 2.38 bits per heavy atom. The summed E-state index contributed by atoms with van der Waals surface area (Å²) in [5.74, 6) is -1.17. The van der Waals surface area contributed by atoms with E-state index in [1.807, 2.05) is 6.92 Å². The first-order chi connectivity index (χ1) is 12.5. The molecule has 0 unspecified atom stereocenters. The van der Waals surface area contributed by atoms with Crippen LogP contribution in [-0.2, 0) is 16.1 Å². The fourth-order valence-corrected chi connectivity index (χ4v) is 3.20. The minimum atomic E-state index is -1.02. The van der Waals surface area contributed by atoms with E-state index in [-0.39, 0.29) is 11.8 Å². The molecule has 26 heavy (non-hydrogen) atoms. The Morgan fingerprint density at radius 2 is 1.81 bits per heavy atom. The number of hydrogen-bond acceptors (Lipinski definition) is 3. The van der Waals surface area contributed by atoms with Gasteiger partial charge in [-0.25, -0.2) is 4.79 Å². The van der Waals surface area contributed by atoms with Gasteiger partial charge in [-0.2, -0.15) is 0 Å². The second-order valence-corrected chi connectivity index (χ2v) is 6.90. The van der Waals surface area contributed by atoms with Crippen LogP contribution in [0.5, 0.6) is 0 Å². The molecule has 6 heteroatoms. The van der Waals surface area contributed by atoms with Gasteiger partial charge in [0.1, 0.15) is 6.04 Å². The van der Waals surface area contributed by atoms with E-state index in [1.165, 1.54) is 0 Å². The SMILES string of the molecule is CCCC[C@H](NC(=O)c1ccc(CNC(=O)C2CCCC2)cc1)C(=O)O. The van der Waals surface area contributed by atoms with Crippen molar-refractivity contribution in [1.29, 1.82) is 0 Å². The van der Waals surface area contributed by atoms with Gasteiger partial charge in [0.2, 0.25) is 5.91 Å². The van der Waals surface area contributed by atoms with Crippen molar-refractivity contribution in [2.45, 2.75) is 64.5 Å². The topological polar surface area (TPSA) is 95.5 Å². The molecule has 2 rings (SSSR count). The van der Waals surface area contributed by atoms with Gasteiger partial charge in [0.15, 0.2) is 0 Å². The molecule has 0 radical (unpaired) electrons. The van der Waals surface area contributed by atoms with Gasteiger partial charge in [-0.1, -0.05) is 44.7 Å². The van der Waals surface area contributed by atoms with E-state index < -0.39 is 17.9 Å². The summed E-state index contributed by atoms with van der Waals surface area (Å²) < 4.78 is 0. The molecule has 3 N–H and O–H groups in total. The fraction of sp³-hybridized carbons (Fsp3) is 0.550. The summed E-state index contributed by atoms with van der Waals surface area (Å²) in [4.78, 5) is 35.5. The summed E-state index contributed by atoms with van der Waals surface area (Å²) >= 11 is 0. The zero-order chi connectivity index (χ0) is 18.9. The molecule has 1 aromatic rings. The van der Waals surface area contributed by atoms with Crippen LogP contribution in [0.3, 0.4) is 0 Å². The predicted molar refractivity (Wildman–Crippen MR) is 98.7 cm³/mol. The third-order valence-electron chi connectivity index (χ3n) is 4.86. The molecule has 0 heterocycles. The average Bonchev–Trinajstić information content (AvgIpc) is 3.18. The first-order valence-electron chi connectivity index (χ1n) is 9.41. The number of carbonyl (C=O) groups excluding carboxylic acids is 2. The molecule has 1 aliphatic rings. The lowest BCUT2D eigenvalue weighted by Gasteiger charge is -2.14. The maximum atomic E-state index is 12.2. The molecule has 0 spiro atoms. The zero-order valence-corrected chi connectivity index (χ0v) is 15.3. The van der Waals surface area contributed by atoms with E-state index >= 15 is 0 Å². The molecule has 1 atom stereocenters. The quantitative estimate of drug-likeness (QED) is 0.631. The number of unbranched alkanes of at least 4 members (excludes halogenated alkanes) is 1. The van der Waals surface area contributed by atoms with E-state index in [1.54, 1.807) is 24.3 Å². The summed E-state index contributed by atoms with van der Waals surface area (Å²) in [7, 11) is 0. The van der Waals surface area contributed by atoms with Crippen molar-refractivity contribution in [1.82, 2.24) is 10.6 Å². The number of nitrogens with one attached hydrogen (secondary N) is 2. The number of benzene rings is 1. The van der Waals surface area contributed by atoms with Gasteiger partial charge >= 0.3 is 5.97 Å². The van der Waals surface area contributed by atoms with Crippen LogP contribution in [0.15, 0.2) is 24.3 Å². The summed E-state index contributed by atoms with van der Waals surface area (Å²) in [5.41, 5.74) is 1.33. The highest BCUT2D eigenvalue weighted by molar-refractivity contribution is 5.96. The van der Waals surface area contributed by atoms with Gasteiger partial charge in [0.05, 0.1) is 0 Å². The molecule has 1 saturated carbocycles. The first-order valence-corrected chi connectivity index (χ1v) is 9.41. The number of carboxylic acid groups (broad SMARTS) is 1. The number of aliphatic carboxylic acids is 1. The molecule has 0 aromatic heterocycles. The van der Waals surface area contributed by atoms with Crippen LogP contribution in [-0.4, -0.2) is 28.9 Å². The second-order valence-electron chi connectivity index (χ2n) is 6.90. The Morgan fingerprint density at radius 1 is 1.15 bits per heavy atom. The van der Waals surface area contributed by atoms with Crippen molar-refractivity contribution in [3.8, 4) is 0 Å². The maximum absolute atomic E-state index is 12.2. The maximum Gasteiger partial charge on any atom is 0.326 e. The van der Waals surface area contributed by atoms with Crippen LogP contribution in [0, 0.1) is 5.92 Å². The highest BCUT2D eigenvalue weighted by Crippen LogP contribution is 2.24. The molecule has 1 fully saturated rings. The van der Waals surface area contributed by atoms with Crippen molar-refractivity contribution >= 4 is 17.8 Å². The zero-order valence-electron chi connectivity index (χ0n) is 15.3. The van der Waals surface area contributed by atoms with Crippen LogP contribution in [0.25, 0.3) is 0 Å². The van der Waals surface area contributed by atoms with Crippen LogP contribution in [0.4, 0.5) is 0 Å². The Hall–Kier alpha value is -2.37. The monoisotopic (exact) mass is 360 g/mol. The lowest BCUT2D eigenvalue weighted by atomic mass is 10.1. The molecule has 0 aliphatic heterocycles. The van der Waals surface area contributed by atoms with Crippen molar-refractivity contribution in [3.05, 3.63) is 35.4 Å². The number of carbonyl (C=O) groups is 3. The molecule has 142 valence electrons. The number of amides is 2. The molecular weight excluding hydrogens is 332 g/mol. The van der Waals surface area contributed by atoms with Crippen LogP contribution in [0.1, 0.15) is 67.8 Å². The predicted octanol–water partition coefficient (Wildman–Crippen LogP) is 2.87. The van der Waals surface area contributed by atoms with Crippen molar-refractivity contribution < 1.29 is 19.5 Å². The van der Waals surface area contributed by atoms with E-state index in [9.17, 15) is 19.5 Å². The van der Waals surface area contributed by atoms with Crippen LogP contribution in [0.2, 0.25) is 0 Å². The molecular formula is C20H28N2O4. The molecule has 0 bridgehead atoms. The number of hydrogen-bond donors (Lipinski definition) is 3. The molecule has 6 nitrogen and oxygen atoms in total. The molecule has 2 amide bonds. The van der Waals surface area contributed by atoms with Gasteiger partial charge in [0, 0.05) is 18.0 Å². The van der Waals surface area contributed by atoms with Crippen molar-refractivity contribution in [3.63, 3.8) is 0 Å². The summed E-state index contributed by atoms with van der Waals surface area (Å²) in [5, 5.41) is 14.7. The van der Waals surface area contributed by atoms with Gasteiger partial charge < -0.3 is 15.7 Å². The second kappa shape index (κ2) is 9.94. The lowest BCUT2D eigenvalue weighted by molar-refractivity contribution is -0.139. The highest BCUT2D eigenvalue weighted by Gasteiger charge is 2.22. The van der Waals surface area contributed by atoms with Gasteiger partial charge in [0.25, 0.3) is 5.91 Å². The van der Waals surface area contributed by atoms with Crippen LogP contribution < -0.4 is 10.6 Å². The van der Waals surface area contributed by atoms with E-state index in [0.717, 1.165) is 44.1 Å². The Kier molecular flexibility index (Phi) is 7.63. The minimum absolute atomic E-state index is 0.101. The highest BCUT2D eigenvalue weighted by atomic mass is 16.4. The molecule has 1 aromatic carbocycles. The smallest absolute Gasteiger partial charge is 0.326 e. The van der Waals surface area contributed by atoms with E-state index in [4.69, 9.17) is 0 Å². The standard InChI is InChI=1S/C20H28N2O4/c1-2-3-8-17(20(25)26)22-19(24)16-11-9-14(10-12-16)13-21-18(23)15-6-4-5-7-15/h9-12,15,17H,2-8,13H2,1H3,(H,21,23)(H,22,24)(H,25,26)/t17-/m0/s1. The molecule has 0 saturated heterocycles. The third kappa shape index (κ3) is 5.86. The third-order valence-corrected chi connectivity index (χ3v) is 4.86. The minimum Gasteiger partial charge on any atom is -0.480 e. The number of rotatable bonds is 9. The average molecular weight is 360 g/mol.